The van der Waals surface area contributed by atoms with Crippen LogP contribution in [0.4, 0.5) is 0 Å². The predicted molar refractivity (Wildman–Crippen MR) is 122 cm³/mol. The summed E-state index contributed by atoms with van der Waals surface area (Å²) in [5.41, 5.74) is 1.07. The van der Waals surface area contributed by atoms with E-state index in [4.69, 9.17) is 14.2 Å². The highest BCUT2D eigenvalue weighted by Gasteiger charge is 2.04. The lowest BCUT2D eigenvalue weighted by atomic mass is 10.2. The predicted octanol–water partition coefficient (Wildman–Crippen LogP) is 3.37. The van der Waals surface area contributed by atoms with E-state index in [0.29, 0.717) is 39.5 Å². The molecule has 0 saturated heterocycles. The molecule has 0 spiro atoms. The Bertz CT molecular complexity index is 527. The van der Waals surface area contributed by atoms with E-state index in [1.807, 2.05) is 24.3 Å². The lowest BCUT2D eigenvalue weighted by Gasteiger charge is -2.14. The van der Waals surface area contributed by atoms with Crippen molar-refractivity contribution in [2.24, 2.45) is 4.99 Å². The average Bonchev–Trinajstić information content (AvgIpc) is 2.68. The van der Waals surface area contributed by atoms with Crippen LogP contribution in [-0.2, 0) is 16.0 Å². The summed E-state index contributed by atoms with van der Waals surface area (Å²) in [6.45, 7) is 10.3. The molecule has 2 N–H and O–H groups in total. The molecule has 1 rings (SSSR count). The summed E-state index contributed by atoms with van der Waals surface area (Å²) in [7, 11) is 1.75. The number of benzene rings is 1. The number of guanidine groups is 1. The minimum atomic E-state index is 0. The van der Waals surface area contributed by atoms with Crippen molar-refractivity contribution in [3.05, 3.63) is 42.5 Å². The highest BCUT2D eigenvalue weighted by molar-refractivity contribution is 14.0. The molecule has 0 unspecified atom stereocenters. The maximum absolute atomic E-state index is 5.66. The number of aliphatic imine (C=N–C) groups is 1. The van der Waals surface area contributed by atoms with Gasteiger partial charge in [0.15, 0.2) is 5.96 Å². The van der Waals surface area contributed by atoms with E-state index in [0.717, 1.165) is 36.7 Å². The monoisotopic (exact) mass is 491 g/mol. The highest BCUT2D eigenvalue weighted by Crippen LogP contribution is 2.17. The van der Waals surface area contributed by atoms with Gasteiger partial charge in [-0.3, -0.25) is 4.99 Å². The Balaban J connectivity index is 0.00000676. The largest absolute Gasteiger partial charge is 0.489 e. The summed E-state index contributed by atoms with van der Waals surface area (Å²) in [4.78, 5) is 4.22. The molecule has 6 nitrogen and oxygen atoms in total. The van der Waals surface area contributed by atoms with Crippen molar-refractivity contribution < 1.29 is 14.2 Å². The second-order valence-corrected chi connectivity index (χ2v) is 5.64. The molecule has 7 heteroatoms. The zero-order valence-corrected chi connectivity index (χ0v) is 18.9. The van der Waals surface area contributed by atoms with Crippen LogP contribution in [0.5, 0.6) is 5.75 Å². The van der Waals surface area contributed by atoms with Gasteiger partial charge in [-0.25, -0.2) is 0 Å². The Morgan fingerprint density at radius 1 is 1.11 bits per heavy atom. The molecular weight excluding hydrogens is 457 g/mol. The molecule has 0 fully saturated rings. The smallest absolute Gasteiger partial charge is 0.191 e. The molecule has 0 heterocycles. The third-order valence-corrected chi connectivity index (χ3v) is 3.55. The molecule has 1 aromatic rings. The van der Waals surface area contributed by atoms with Crippen molar-refractivity contribution in [1.82, 2.24) is 10.6 Å². The molecule has 0 aliphatic heterocycles. The molecular formula is C20H34IN3O3. The number of ether oxygens (including phenoxy) is 3. The maximum atomic E-state index is 5.66. The fourth-order valence-electron chi connectivity index (χ4n) is 2.15. The van der Waals surface area contributed by atoms with E-state index < -0.39 is 0 Å². The standard InChI is InChI=1S/C20H33N3O3.HI/c1-4-6-13-24-15-16-25-14-11-22-20(21-3)23-17-18-9-7-8-10-19(18)26-12-5-2;/h5,7-10H,2,4,6,11-17H2,1,3H3,(H2,21,22,23);1H. The minimum Gasteiger partial charge on any atom is -0.489 e. The molecule has 27 heavy (non-hydrogen) atoms. The Morgan fingerprint density at radius 2 is 1.85 bits per heavy atom. The summed E-state index contributed by atoms with van der Waals surface area (Å²) < 4.78 is 16.6. The molecule has 0 amide bonds. The van der Waals surface area contributed by atoms with Gasteiger partial charge < -0.3 is 24.8 Å². The first-order valence-electron chi connectivity index (χ1n) is 9.23. The lowest BCUT2D eigenvalue weighted by Crippen LogP contribution is -2.38. The third kappa shape index (κ3) is 12.6. The summed E-state index contributed by atoms with van der Waals surface area (Å²) >= 11 is 0. The number of nitrogens with zero attached hydrogens (tertiary/aromatic N) is 1. The number of para-hydroxylation sites is 1. The van der Waals surface area contributed by atoms with Gasteiger partial charge in [-0.1, -0.05) is 44.2 Å². The van der Waals surface area contributed by atoms with E-state index in [1.165, 1.54) is 0 Å². The maximum Gasteiger partial charge on any atom is 0.191 e. The summed E-state index contributed by atoms with van der Waals surface area (Å²) in [6.07, 6.45) is 3.99. The zero-order chi connectivity index (χ0) is 18.9. The molecule has 0 aliphatic rings. The molecule has 0 saturated carbocycles. The van der Waals surface area contributed by atoms with Crippen LogP contribution in [0.3, 0.4) is 0 Å². The zero-order valence-electron chi connectivity index (χ0n) is 16.5. The molecule has 0 bridgehead atoms. The molecule has 0 aromatic heterocycles. The van der Waals surface area contributed by atoms with Crippen LogP contribution in [0.2, 0.25) is 0 Å². The number of nitrogens with one attached hydrogen (secondary N) is 2. The first-order chi connectivity index (χ1) is 12.8. The van der Waals surface area contributed by atoms with E-state index >= 15 is 0 Å². The van der Waals surface area contributed by atoms with Crippen LogP contribution < -0.4 is 15.4 Å². The van der Waals surface area contributed by atoms with Crippen LogP contribution >= 0.6 is 24.0 Å². The first kappa shape index (κ1) is 25.7. The average molecular weight is 491 g/mol. The number of hydrogen-bond acceptors (Lipinski definition) is 4. The van der Waals surface area contributed by atoms with Gasteiger partial charge in [-0.15, -0.1) is 24.0 Å². The summed E-state index contributed by atoms with van der Waals surface area (Å²) in [6, 6.07) is 7.93. The molecule has 154 valence electrons. The fraction of sp³-hybridized carbons (Fsp3) is 0.550. The number of hydrogen-bond donors (Lipinski definition) is 2. The number of unbranched alkanes of at least 4 members (excludes halogenated alkanes) is 1. The van der Waals surface area contributed by atoms with Gasteiger partial charge in [0, 0.05) is 32.3 Å². The first-order valence-corrected chi connectivity index (χ1v) is 9.23. The van der Waals surface area contributed by atoms with E-state index in [2.05, 4.69) is 29.1 Å². The normalized spacial score (nSPS) is 10.8. The lowest BCUT2D eigenvalue weighted by molar-refractivity contribution is 0.0487. The second kappa shape index (κ2) is 18.1. The van der Waals surface area contributed by atoms with E-state index in [1.54, 1.807) is 13.1 Å². The van der Waals surface area contributed by atoms with Gasteiger partial charge >= 0.3 is 0 Å². The van der Waals surface area contributed by atoms with Crippen LogP contribution in [0.1, 0.15) is 25.3 Å². The number of rotatable bonds is 14. The topological polar surface area (TPSA) is 64.1 Å². The van der Waals surface area contributed by atoms with Gasteiger partial charge in [-0.2, -0.15) is 0 Å². The van der Waals surface area contributed by atoms with Crippen LogP contribution in [-0.4, -0.2) is 52.6 Å². The van der Waals surface area contributed by atoms with Gasteiger partial charge in [0.2, 0.25) is 0 Å². The van der Waals surface area contributed by atoms with E-state index in [-0.39, 0.29) is 24.0 Å². The van der Waals surface area contributed by atoms with Crippen molar-refractivity contribution in [3.8, 4) is 5.75 Å². The van der Waals surface area contributed by atoms with Gasteiger partial charge in [-0.05, 0) is 12.5 Å². The van der Waals surface area contributed by atoms with E-state index in [9.17, 15) is 0 Å². The summed E-state index contributed by atoms with van der Waals surface area (Å²) in [5.74, 6) is 1.58. The number of halogens is 1. The second-order valence-electron chi connectivity index (χ2n) is 5.64. The van der Waals surface area contributed by atoms with Crippen LogP contribution in [0.15, 0.2) is 41.9 Å². The highest BCUT2D eigenvalue weighted by atomic mass is 127. The third-order valence-electron chi connectivity index (χ3n) is 3.55. The van der Waals surface area contributed by atoms with Crippen LogP contribution in [0, 0.1) is 0 Å². The van der Waals surface area contributed by atoms with Crippen molar-refractivity contribution in [3.63, 3.8) is 0 Å². The van der Waals surface area contributed by atoms with Gasteiger partial charge in [0.05, 0.1) is 19.8 Å². The molecule has 1 aromatic carbocycles. The van der Waals surface area contributed by atoms with Crippen molar-refractivity contribution >= 4 is 29.9 Å². The van der Waals surface area contributed by atoms with Crippen molar-refractivity contribution in [1.29, 1.82) is 0 Å². The fourth-order valence-corrected chi connectivity index (χ4v) is 2.15. The SMILES string of the molecule is C=CCOc1ccccc1CNC(=NC)NCCOCCOCCCC.I. The molecule has 0 aliphatic carbocycles. The van der Waals surface area contributed by atoms with Crippen molar-refractivity contribution in [2.75, 3.05) is 46.6 Å². The quantitative estimate of drug-likeness (QED) is 0.137. The Hall–Kier alpha value is -1.32. The van der Waals surface area contributed by atoms with Crippen LogP contribution in [0.25, 0.3) is 0 Å². The van der Waals surface area contributed by atoms with Crippen molar-refractivity contribution in [2.45, 2.75) is 26.3 Å². The molecule has 0 atom stereocenters. The Kier molecular flexibility index (Phi) is 17.2. The Labute approximate surface area is 180 Å². The Morgan fingerprint density at radius 3 is 2.56 bits per heavy atom. The van der Waals surface area contributed by atoms with Gasteiger partial charge in [0.25, 0.3) is 0 Å². The minimum absolute atomic E-state index is 0. The van der Waals surface area contributed by atoms with Gasteiger partial charge in [0.1, 0.15) is 12.4 Å². The summed E-state index contributed by atoms with van der Waals surface area (Å²) in [5, 5.41) is 6.51. The molecule has 0 radical (unpaired) electrons.